The first-order valence-electron chi connectivity index (χ1n) is 11.7. The van der Waals surface area contributed by atoms with E-state index in [1.807, 2.05) is 56.3 Å². The Bertz CT molecular complexity index is 1560. The van der Waals surface area contributed by atoms with Gasteiger partial charge in [-0.25, -0.2) is 9.78 Å². The molecule has 5 rings (SSSR count). The summed E-state index contributed by atoms with van der Waals surface area (Å²) in [6.07, 6.45) is 0. The van der Waals surface area contributed by atoms with Crippen LogP contribution in [0.1, 0.15) is 45.6 Å². The standard InChI is InChI=1S/C28H27ClN4O3/c1-16-11-22(17(2)30-24-8-6-5-7-21(24)27(35)36-4)25-23(12-16)26(34)32(3)28(31-25)33-14-18-9-10-20(29)13-19(18)15-33/h5-13,17,30H,14-15H2,1-4H3. The van der Waals surface area contributed by atoms with Crippen molar-refractivity contribution in [1.29, 1.82) is 0 Å². The number of nitrogens with zero attached hydrogens (tertiary/aromatic N) is 3. The Morgan fingerprint density at radius 1 is 1.11 bits per heavy atom. The van der Waals surface area contributed by atoms with Gasteiger partial charge in [0, 0.05) is 36.4 Å². The fourth-order valence-corrected chi connectivity index (χ4v) is 5.06. The molecule has 0 saturated carbocycles. The van der Waals surface area contributed by atoms with Crippen LogP contribution >= 0.6 is 11.6 Å². The molecule has 0 fully saturated rings. The van der Waals surface area contributed by atoms with Gasteiger partial charge in [0.15, 0.2) is 0 Å². The van der Waals surface area contributed by atoms with E-state index in [0.717, 1.165) is 16.7 Å². The summed E-state index contributed by atoms with van der Waals surface area (Å²) in [5.41, 5.74) is 5.79. The Balaban J connectivity index is 1.59. The summed E-state index contributed by atoms with van der Waals surface area (Å²) in [6, 6.07) is 16.8. The topological polar surface area (TPSA) is 76.5 Å². The molecule has 0 radical (unpaired) electrons. The van der Waals surface area contributed by atoms with Crippen molar-refractivity contribution < 1.29 is 9.53 Å². The second kappa shape index (κ2) is 9.32. The van der Waals surface area contributed by atoms with Crippen LogP contribution < -0.4 is 15.8 Å². The number of esters is 1. The van der Waals surface area contributed by atoms with Crippen LogP contribution in [0.4, 0.5) is 11.6 Å². The van der Waals surface area contributed by atoms with Gasteiger partial charge in [-0.1, -0.05) is 35.9 Å². The van der Waals surface area contributed by atoms with Crippen LogP contribution in [-0.4, -0.2) is 22.6 Å². The lowest BCUT2D eigenvalue weighted by Gasteiger charge is -2.23. The van der Waals surface area contributed by atoms with Gasteiger partial charge in [-0.3, -0.25) is 9.36 Å². The number of ether oxygens (including phenoxy) is 1. The smallest absolute Gasteiger partial charge is 0.339 e. The van der Waals surface area contributed by atoms with Crippen LogP contribution in [0.25, 0.3) is 10.9 Å². The van der Waals surface area contributed by atoms with Gasteiger partial charge in [0.05, 0.1) is 29.6 Å². The molecule has 36 heavy (non-hydrogen) atoms. The maximum absolute atomic E-state index is 13.5. The summed E-state index contributed by atoms with van der Waals surface area (Å²) < 4.78 is 6.55. The normalized spacial score (nSPS) is 13.5. The van der Waals surface area contributed by atoms with Crippen LogP contribution in [0.5, 0.6) is 0 Å². The molecule has 0 aliphatic carbocycles. The monoisotopic (exact) mass is 502 g/mol. The third-order valence-corrected chi connectivity index (χ3v) is 6.91. The second-order valence-corrected chi connectivity index (χ2v) is 9.64. The molecular weight excluding hydrogens is 476 g/mol. The highest BCUT2D eigenvalue weighted by Crippen LogP contribution is 2.32. The SMILES string of the molecule is COC(=O)c1ccccc1NC(C)c1cc(C)cc2c(=O)n(C)c(N3Cc4ccc(Cl)cc4C3)nc12. The molecular formula is C28H27ClN4O3. The summed E-state index contributed by atoms with van der Waals surface area (Å²) in [5.74, 6) is 0.189. The average Bonchev–Trinajstić information content (AvgIpc) is 3.28. The molecule has 0 saturated heterocycles. The van der Waals surface area contributed by atoms with Gasteiger partial charge in [-0.15, -0.1) is 0 Å². The lowest BCUT2D eigenvalue weighted by atomic mass is 10.0. The summed E-state index contributed by atoms with van der Waals surface area (Å²) in [7, 11) is 3.12. The number of aromatic nitrogens is 2. The molecule has 1 aliphatic rings. The largest absolute Gasteiger partial charge is 0.465 e. The molecule has 4 aromatic rings. The van der Waals surface area contributed by atoms with Gasteiger partial charge in [0.1, 0.15) is 0 Å². The Morgan fingerprint density at radius 3 is 2.64 bits per heavy atom. The van der Waals surface area contributed by atoms with Gasteiger partial charge >= 0.3 is 5.97 Å². The predicted molar refractivity (Wildman–Crippen MR) is 143 cm³/mol. The van der Waals surface area contributed by atoms with Crippen molar-refractivity contribution in [1.82, 2.24) is 9.55 Å². The first kappa shape index (κ1) is 23.9. The van der Waals surface area contributed by atoms with Crippen molar-refractivity contribution in [2.75, 3.05) is 17.3 Å². The highest BCUT2D eigenvalue weighted by molar-refractivity contribution is 6.30. The summed E-state index contributed by atoms with van der Waals surface area (Å²) >= 11 is 6.20. The van der Waals surface area contributed by atoms with Gasteiger partial charge in [-0.2, -0.15) is 0 Å². The number of hydrogen-bond acceptors (Lipinski definition) is 6. The molecule has 0 amide bonds. The van der Waals surface area contributed by atoms with Crippen molar-refractivity contribution in [3.05, 3.63) is 97.8 Å². The fraction of sp³-hybridized carbons (Fsp3) is 0.250. The third-order valence-electron chi connectivity index (χ3n) is 6.68. The summed E-state index contributed by atoms with van der Waals surface area (Å²) in [4.78, 5) is 32.9. The molecule has 1 aliphatic heterocycles. The molecule has 2 heterocycles. The predicted octanol–water partition coefficient (Wildman–Crippen LogP) is 5.38. The minimum absolute atomic E-state index is 0.101. The summed E-state index contributed by atoms with van der Waals surface area (Å²) in [6.45, 7) is 5.24. The number of hydrogen-bond donors (Lipinski definition) is 1. The van der Waals surface area contributed by atoms with E-state index in [0.29, 0.717) is 46.2 Å². The van der Waals surface area contributed by atoms with E-state index in [-0.39, 0.29) is 11.6 Å². The number of carbonyl (C=O) groups is 1. The van der Waals surface area contributed by atoms with E-state index in [4.69, 9.17) is 21.3 Å². The molecule has 3 aromatic carbocycles. The maximum Gasteiger partial charge on any atom is 0.339 e. The molecule has 184 valence electrons. The van der Waals surface area contributed by atoms with E-state index in [2.05, 4.69) is 10.2 Å². The Kier molecular flexibility index (Phi) is 6.18. The number of para-hydroxylation sites is 1. The number of methoxy groups -OCH3 is 1. The van der Waals surface area contributed by atoms with E-state index in [9.17, 15) is 9.59 Å². The first-order valence-corrected chi connectivity index (χ1v) is 12.1. The highest BCUT2D eigenvalue weighted by atomic mass is 35.5. The quantitative estimate of drug-likeness (QED) is 0.369. The molecule has 1 atom stereocenters. The van der Waals surface area contributed by atoms with Crippen molar-refractivity contribution in [3.8, 4) is 0 Å². The van der Waals surface area contributed by atoms with Crippen LogP contribution in [0.3, 0.4) is 0 Å². The van der Waals surface area contributed by atoms with Gasteiger partial charge < -0.3 is 15.0 Å². The fourth-order valence-electron chi connectivity index (χ4n) is 4.87. The minimum Gasteiger partial charge on any atom is -0.465 e. The zero-order chi connectivity index (χ0) is 25.6. The average molecular weight is 503 g/mol. The van der Waals surface area contributed by atoms with Crippen LogP contribution in [0.15, 0.2) is 59.4 Å². The zero-order valence-corrected chi connectivity index (χ0v) is 21.4. The molecule has 1 aromatic heterocycles. The minimum atomic E-state index is -0.414. The number of halogens is 1. The third kappa shape index (κ3) is 4.20. The lowest BCUT2D eigenvalue weighted by Crippen LogP contribution is -2.28. The molecule has 8 heteroatoms. The van der Waals surface area contributed by atoms with E-state index >= 15 is 0 Å². The molecule has 1 N–H and O–H groups in total. The van der Waals surface area contributed by atoms with Crippen LogP contribution in [-0.2, 0) is 24.9 Å². The second-order valence-electron chi connectivity index (χ2n) is 9.20. The Labute approximate surface area is 214 Å². The highest BCUT2D eigenvalue weighted by Gasteiger charge is 2.25. The maximum atomic E-state index is 13.5. The van der Waals surface area contributed by atoms with Crippen molar-refractivity contribution in [2.45, 2.75) is 33.0 Å². The van der Waals surface area contributed by atoms with Crippen LogP contribution in [0.2, 0.25) is 5.02 Å². The van der Waals surface area contributed by atoms with Gasteiger partial charge in [-0.05, 0) is 60.9 Å². The number of benzene rings is 3. The molecule has 7 nitrogen and oxygen atoms in total. The van der Waals surface area contributed by atoms with E-state index in [1.54, 1.807) is 23.7 Å². The van der Waals surface area contributed by atoms with E-state index < -0.39 is 5.97 Å². The molecule has 0 bridgehead atoms. The van der Waals surface area contributed by atoms with Gasteiger partial charge in [0.25, 0.3) is 5.56 Å². The van der Waals surface area contributed by atoms with Crippen LogP contribution in [0, 0.1) is 6.92 Å². The number of rotatable bonds is 5. The Hall–Kier alpha value is -3.84. The number of aryl methyl sites for hydroxylation is 1. The number of carbonyl (C=O) groups excluding carboxylic acids is 1. The van der Waals surface area contributed by atoms with Crippen molar-refractivity contribution in [3.63, 3.8) is 0 Å². The molecule has 0 spiro atoms. The van der Waals surface area contributed by atoms with Crippen molar-refractivity contribution in [2.24, 2.45) is 7.05 Å². The van der Waals surface area contributed by atoms with E-state index in [1.165, 1.54) is 12.7 Å². The lowest BCUT2D eigenvalue weighted by molar-refractivity contribution is 0.0602. The van der Waals surface area contributed by atoms with Crippen molar-refractivity contribution >= 4 is 40.1 Å². The first-order chi connectivity index (χ1) is 17.3. The summed E-state index contributed by atoms with van der Waals surface area (Å²) in [5, 5.41) is 4.68. The Morgan fingerprint density at radius 2 is 1.86 bits per heavy atom. The number of anilines is 2. The molecule has 1 unspecified atom stereocenters. The zero-order valence-electron chi connectivity index (χ0n) is 20.6. The van der Waals surface area contributed by atoms with Gasteiger partial charge in [0.2, 0.25) is 5.95 Å². The number of fused-ring (bicyclic) bond motifs is 2. The number of nitrogens with one attached hydrogen (secondary N) is 1.